The highest BCUT2D eigenvalue weighted by Gasteiger charge is 2.19. The fourth-order valence-electron chi connectivity index (χ4n) is 3.72. The van der Waals surface area contributed by atoms with E-state index in [0.717, 1.165) is 22.3 Å². The molecule has 0 saturated carbocycles. The molecule has 6 nitrogen and oxygen atoms in total. The normalized spacial score (nSPS) is 13.2. The van der Waals surface area contributed by atoms with Crippen LogP contribution in [0.25, 0.3) is 11.1 Å². The van der Waals surface area contributed by atoms with Gasteiger partial charge < -0.3 is 20.5 Å². The molecule has 0 aromatic heterocycles. The first kappa shape index (κ1) is 21.5. The molecule has 3 N–H and O–H groups in total. The van der Waals surface area contributed by atoms with Gasteiger partial charge in [0.2, 0.25) is 5.97 Å². The van der Waals surface area contributed by atoms with Crippen molar-refractivity contribution in [1.82, 2.24) is 5.32 Å². The zero-order chi connectivity index (χ0) is 22.7. The van der Waals surface area contributed by atoms with Gasteiger partial charge >= 0.3 is 0 Å². The average molecular weight is 433 g/mol. The Kier molecular flexibility index (Phi) is 6.18. The molecule has 1 atom stereocenters. The van der Waals surface area contributed by atoms with E-state index in [2.05, 4.69) is 10.3 Å². The van der Waals surface area contributed by atoms with E-state index in [0.29, 0.717) is 29.2 Å². The van der Waals surface area contributed by atoms with Crippen molar-refractivity contribution in [1.29, 1.82) is 0 Å². The molecular formula is C25H24FN3O3. The first-order valence-corrected chi connectivity index (χ1v) is 10.2. The van der Waals surface area contributed by atoms with Crippen molar-refractivity contribution in [2.24, 2.45) is 10.7 Å². The lowest BCUT2D eigenvalue weighted by molar-refractivity contribution is 0.0937. The summed E-state index contributed by atoms with van der Waals surface area (Å²) >= 11 is 0. The molecule has 1 heterocycles. The van der Waals surface area contributed by atoms with E-state index in [4.69, 9.17) is 15.2 Å². The molecule has 0 spiro atoms. The van der Waals surface area contributed by atoms with Gasteiger partial charge in [0.05, 0.1) is 26.8 Å². The van der Waals surface area contributed by atoms with Gasteiger partial charge in [0.25, 0.3) is 5.91 Å². The molecule has 7 heteroatoms. The number of aliphatic imine (C=N–C) groups is 1. The molecule has 3 aromatic carbocycles. The Bertz CT molecular complexity index is 1190. The second-order valence-corrected chi connectivity index (χ2v) is 7.47. The number of nitrogens with one attached hydrogen (secondary N) is 1. The lowest BCUT2D eigenvalue weighted by atomic mass is 9.98. The van der Waals surface area contributed by atoms with Crippen LogP contribution in [0.1, 0.15) is 33.1 Å². The van der Waals surface area contributed by atoms with Gasteiger partial charge in [-0.05, 0) is 58.7 Å². The van der Waals surface area contributed by atoms with E-state index >= 15 is 0 Å². The number of fused-ring (bicyclic) bond motifs is 1. The molecule has 0 aliphatic carbocycles. The van der Waals surface area contributed by atoms with Crippen molar-refractivity contribution in [2.75, 3.05) is 20.8 Å². The van der Waals surface area contributed by atoms with Gasteiger partial charge in [-0.1, -0.05) is 24.3 Å². The van der Waals surface area contributed by atoms with E-state index < -0.39 is 12.0 Å². The Labute approximate surface area is 185 Å². The van der Waals surface area contributed by atoms with E-state index in [9.17, 15) is 9.18 Å². The van der Waals surface area contributed by atoms with Crippen LogP contribution < -0.4 is 20.5 Å². The molecule has 164 valence electrons. The fraction of sp³-hybridized carbons (Fsp3) is 0.200. The summed E-state index contributed by atoms with van der Waals surface area (Å²) in [6, 6.07) is 17.7. The largest absolute Gasteiger partial charge is 0.497 e. The van der Waals surface area contributed by atoms with Crippen LogP contribution in [0.4, 0.5) is 4.39 Å². The third-order valence-corrected chi connectivity index (χ3v) is 5.50. The first-order chi connectivity index (χ1) is 15.5. The SMILES string of the molecule is COc1cc(C(=O)NC(CN)c2cccc(OC)c2)cc(-c2ccc3c(c2)C(F)=NC3)c1. The maximum Gasteiger partial charge on any atom is 0.251 e. The Morgan fingerprint density at radius 2 is 1.88 bits per heavy atom. The zero-order valence-electron chi connectivity index (χ0n) is 17.9. The summed E-state index contributed by atoms with van der Waals surface area (Å²) < 4.78 is 24.7. The highest BCUT2D eigenvalue weighted by atomic mass is 19.1. The summed E-state index contributed by atoms with van der Waals surface area (Å²) in [5.41, 5.74) is 10.0. The smallest absolute Gasteiger partial charge is 0.251 e. The summed E-state index contributed by atoms with van der Waals surface area (Å²) in [4.78, 5) is 16.9. The summed E-state index contributed by atoms with van der Waals surface area (Å²) in [7, 11) is 3.12. The van der Waals surface area contributed by atoms with Crippen LogP contribution in [-0.4, -0.2) is 32.6 Å². The monoisotopic (exact) mass is 433 g/mol. The van der Waals surface area contributed by atoms with E-state index in [1.54, 1.807) is 25.3 Å². The molecular weight excluding hydrogens is 409 g/mol. The van der Waals surface area contributed by atoms with Gasteiger partial charge in [0, 0.05) is 17.7 Å². The summed E-state index contributed by atoms with van der Waals surface area (Å²) in [5.74, 6) is 0.448. The number of amides is 1. The van der Waals surface area contributed by atoms with Crippen molar-refractivity contribution >= 4 is 11.9 Å². The number of carbonyl (C=O) groups excluding carboxylic acids is 1. The second kappa shape index (κ2) is 9.20. The van der Waals surface area contributed by atoms with E-state index in [1.807, 2.05) is 42.5 Å². The Morgan fingerprint density at radius 1 is 1.06 bits per heavy atom. The third-order valence-electron chi connectivity index (χ3n) is 5.50. The van der Waals surface area contributed by atoms with Crippen LogP contribution >= 0.6 is 0 Å². The maximum atomic E-state index is 14.0. The summed E-state index contributed by atoms with van der Waals surface area (Å²) in [6.07, 6.45) is 0. The van der Waals surface area contributed by atoms with Gasteiger partial charge in [-0.25, -0.2) is 0 Å². The van der Waals surface area contributed by atoms with Gasteiger partial charge in [-0.3, -0.25) is 9.79 Å². The number of halogens is 1. The Morgan fingerprint density at radius 3 is 2.62 bits per heavy atom. The van der Waals surface area contributed by atoms with Crippen LogP contribution in [0.2, 0.25) is 0 Å². The summed E-state index contributed by atoms with van der Waals surface area (Å²) in [6.45, 7) is 0.567. The molecule has 1 aliphatic rings. The van der Waals surface area contributed by atoms with Crippen LogP contribution in [0.15, 0.2) is 65.7 Å². The van der Waals surface area contributed by atoms with Crippen molar-refractivity contribution in [3.05, 3.63) is 82.9 Å². The number of benzene rings is 3. The maximum absolute atomic E-state index is 14.0. The lowest BCUT2D eigenvalue weighted by Gasteiger charge is -2.19. The predicted molar refractivity (Wildman–Crippen MR) is 122 cm³/mol. The number of nitrogens with two attached hydrogens (primary N) is 1. The van der Waals surface area contributed by atoms with Crippen LogP contribution in [0, 0.1) is 0 Å². The fourth-order valence-corrected chi connectivity index (χ4v) is 3.72. The van der Waals surface area contributed by atoms with E-state index in [1.165, 1.54) is 7.11 Å². The van der Waals surface area contributed by atoms with Crippen LogP contribution in [-0.2, 0) is 6.54 Å². The van der Waals surface area contributed by atoms with E-state index in [-0.39, 0.29) is 12.5 Å². The van der Waals surface area contributed by atoms with Crippen LogP contribution in [0.5, 0.6) is 11.5 Å². The predicted octanol–water partition coefficient (Wildman–Crippen LogP) is 4.03. The number of rotatable bonds is 7. The van der Waals surface area contributed by atoms with Gasteiger partial charge in [-0.15, -0.1) is 0 Å². The highest BCUT2D eigenvalue weighted by molar-refractivity contribution is 5.99. The topological polar surface area (TPSA) is 85.9 Å². The van der Waals surface area contributed by atoms with Gasteiger partial charge in [0.15, 0.2) is 0 Å². The minimum atomic E-state index is -0.466. The minimum Gasteiger partial charge on any atom is -0.497 e. The van der Waals surface area contributed by atoms with Crippen molar-refractivity contribution < 1.29 is 18.7 Å². The second-order valence-electron chi connectivity index (χ2n) is 7.47. The number of carbonyl (C=O) groups is 1. The molecule has 3 aromatic rings. The lowest BCUT2D eigenvalue weighted by Crippen LogP contribution is -2.33. The standard InChI is InChI=1S/C25H24FN3O3/c1-31-20-5-3-4-16(9-20)23(13-27)29-25(30)19-8-18(10-21(11-19)32-2)15-6-7-17-14-28-24(26)22(17)12-15/h3-12,23H,13-14,27H2,1-2H3,(H,29,30). The Balaban J connectivity index is 1.64. The average Bonchev–Trinajstić information content (AvgIpc) is 3.22. The number of hydrogen-bond donors (Lipinski definition) is 2. The zero-order valence-corrected chi connectivity index (χ0v) is 17.9. The molecule has 0 radical (unpaired) electrons. The molecule has 4 rings (SSSR count). The van der Waals surface area contributed by atoms with Gasteiger partial charge in [-0.2, -0.15) is 4.39 Å². The number of hydrogen-bond acceptors (Lipinski definition) is 5. The number of ether oxygens (including phenoxy) is 2. The van der Waals surface area contributed by atoms with Crippen molar-refractivity contribution in [3.63, 3.8) is 0 Å². The van der Waals surface area contributed by atoms with Gasteiger partial charge in [0.1, 0.15) is 11.5 Å². The number of nitrogens with zero attached hydrogens (tertiary/aromatic N) is 1. The molecule has 32 heavy (non-hydrogen) atoms. The summed E-state index contributed by atoms with van der Waals surface area (Å²) in [5, 5.41) is 2.98. The molecule has 1 amide bonds. The highest BCUT2D eigenvalue weighted by Crippen LogP contribution is 2.30. The van der Waals surface area contributed by atoms with Crippen molar-refractivity contribution in [2.45, 2.75) is 12.6 Å². The quantitative estimate of drug-likeness (QED) is 0.589. The molecule has 0 bridgehead atoms. The number of methoxy groups -OCH3 is 2. The van der Waals surface area contributed by atoms with Crippen LogP contribution in [0.3, 0.4) is 0 Å². The van der Waals surface area contributed by atoms with Crippen molar-refractivity contribution in [3.8, 4) is 22.6 Å². The molecule has 1 aliphatic heterocycles. The molecule has 0 fully saturated rings. The third kappa shape index (κ3) is 4.33. The molecule has 1 unspecified atom stereocenters. The Hall–Kier alpha value is -3.71. The minimum absolute atomic E-state index is 0.221. The first-order valence-electron chi connectivity index (χ1n) is 10.2. The molecule has 0 saturated heterocycles.